The lowest BCUT2D eigenvalue weighted by atomic mass is 9.94. The fourth-order valence-corrected chi connectivity index (χ4v) is 4.46. The number of hydrogen-bond acceptors (Lipinski definition) is 2. The van der Waals surface area contributed by atoms with Crippen LogP contribution in [0.25, 0.3) is 0 Å². The molecule has 0 spiro atoms. The molecule has 158 valence electrons. The summed E-state index contributed by atoms with van der Waals surface area (Å²) in [5, 5.41) is 0. The van der Waals surface area contributed by atoms with Crippen molar-refractivity contribution in [2.75, 3.05) is 26.2 Å². The molecule has 2 nitrogen and oxygen atoms in total. The Kier molecular flexibility index (Phi) is 9.24. The van der Waals surface area contributed by atoms with E-state index in [0.717, 1.165) is 24.9 Å². The van der Waals surface area contributed by atoms with Crippen LogP contribution in [-0.2, 0) is 13.1 Å². The first-order valence-corrected chi connectivity index (χ1v) is 11.8. The average molecular weight is 393 g/mol. The molecule has 0 saturated carbocycles. The van der Waals surface area contributed by atoms with Crippen molar-refractivity contribution in [2.45, 2.75) is 59.0 Å². The van der Waals surface area contributed by atoms with Crippen molar-refractivity contribution in [2.24, 2.45) is 11.8 Å². The molecule has 2 saturated heterocycles. The van der Waals surface area contributed by atoms with Crippen LogP contribution in [0.1, 0.15) is 57.1 Å². The van der Waals surface area contributed by atoms with Gasteiger partial charge in [-0.05, 0) is 74.8 Å². The second kappa shape index (κ2) is 12.1. The Bertz CT molecular complexity index is 653. The lowest BCUT2D eigenvalue weighted by Crippen LogP contribution is -2.32. The lowest BCUT2D eigenvalue weighted by molar-refractivity contribution is 0.175. The zero-order valence-corrected chi connectivity index (χ0v) is 18.6. The van der Waals surface area contributed by atoms with Crippen molar-refractivity contribution in [3.05, 3.63) is 71.8 Å². The lowest BCUT2D eigenvalue weighted by Gasteiger charge is -2.31. The Hall–Kier alpha value is -1.64. The van der Waals surface area contributed by atoms with Crippen LogP contribution >= 0.6 is 0 Å². The first kappa shape index (κ1) is 22.1. The van der Waals surface area contributed by atoms with Crippen LogP contribution in [0.15, 0.2) is 60.7 Å². The summed E-state index contributed by atoms with van der Waals surface area (Å²) in [7, 11) is 0. The summed E-state index contributed by atoms with van der Waals surface area (Å²) in [6, 6.07) is 21.6. The molecule has 0 aromatic heterocycles. The predicted octanol–water partition coefficient (Wildman–Crippen LogP) is 6.23. The van der Waals surface area contributed by atoms with Gasteiger partial charge in [-0.1, -0.05) is 80.9 Å². The van der Waals surface area contributed by atoms with E-state index in [9.17, 15) is 0 Å². The summed E-state index contributed by atoms with van der Waals surface area (Å²) in [4.78, 5) is 5.15. The van der Waals surface area contributed by atoms with Gasteiger partial charge in [-0.15, -0.1) is 0 Å². The Balaban J connectivity index is 0.000000166. The van der Waals surface area contributed by atoms with Crippen LogP contribution in [0.4, 0.5) is 0 Å². The third kappa shape index (κ3) is 7.95. The molecule has 2 aromatic carbocycles. The minimum Gasteiger partial charge on any atom is -0.299 e. The largest absolute Gasteiger partial charge is 0.299 e. The van der Waals surface area contributed by atoms with Crippen molar-refractivity contribution < 1.29 is 0 Å². The van der Waals surface area contributed by atoms with Gasteiger partial charge in [0.2, 0.25) is 0 Å². The van der Waals surface area contributed by atoms with E-state index in [1.807, 2.05) is 0 Å². The highest BCUT2D eigenvalue weighted by Crippen LogP contribution is 2.21. The monoisotopic (exact) mass is 392 g/mol. The first-order chi connectivity index (χ1) is 14.2. The Morgan fingerprint density at radius 2 is 1.07 bits per heavy atom. The molecule has 2 aliphatic rings. The molecule has 2 fully saturated rings. The van der Waals surface area contributed by atoms with Crippen LogP contribution in [0.3, 0.4) is 0 Å². The summed E-state index contributed by atoms with van der Waals surface area (Å²) in [6.45, 7) is 12.1. The van der Waals surface area contributed by atoms with E-state index in [-0.39, 0.29) is 0 Å². The number of benzene rings is 2. The highest BCUT2D eigenvalue weighted by atomic mass is 15.1. The number of likely N-dealkylation sites (tertiary alicyclic amines) is 2. The molecule has 4 rings (SSSR count). The normalized spacial score (nSPS) is 19.5. The molecule has 0 aliphatic carbocycles. The second-order valence-electron chi connectivity index (χ2n) is 9.06. The van der Waals surface area contributed by atoms with Gasteiger partial charge >= 0.3 is 0 Å². The molecular weight excluding hydrogens is 352 g/mol. The minimum absolute atomic E-state index is 0.932. The van der Waals surface area contributed by atoms with Gasteiger partial charge in [0.25, 0.3) is 0 Å². The maximum atomic E-state index is 2.58. The smallest absolute Gasteiger partial charge is 0.0233 e. The van der Waals surface area contributed by atoms with Gasteiger partial charge in [-0.2, -0.15) is 0 Å². The van der Waals surface area contributed by atoms with E-state index in [4.69, 9.17) is 0 Å². The molecule has 0 bridgehead atoms. The predicted molar refractivity (Wildman–Crippen MR) is 125 cm³/mol. The zero-order chi connectivity index (χ0) is 20.3. The fourth-order valence-electron chi connectivity index (χ4n) is 4.46. The molecule has 2 aromatic rings. The Morgan fingerprint density at radius 1 is 0.655 bits per heavy atom. The van der Waals surface area contributed by atoms with Crippen LogP contribution in [0.2, 0.25) is 0 Å². The maximum Gasteiger partial charge on any atom is 0.0233 e. The number of hydrogen-bond donors (Lipinski definition) is 0. The van der Waals surface area contributed by atoms with E-state index in [0.29, 0.717) is 0 Å². The van der Waals surface area contributed by atoms with Gasteiger partial charge in [-0.25, -0.2) is 0 Å². The van der Waals surface area contributed by atoms with E-state index in [1.165, 1.54) is 69.4 Å². The van der Waals surface area contributed by atoms with Gasteiger partial charge in [0, 0.05) is 13.1 Å². The molecule has 0 N–H and O–H groups in total. The fraction of sp³-hybridized carbons (Fsp3) is 0.556. The molecule has 29 heavy (non-hydrogen) atoms. The van der Waals surface area contributed by atoms with E-state index < -0.39 is 0 Å². The molecule has 0 amide bonds. The highest BCUT2D eigenvalue weighted by molar-refractivity contribution is 5.15. The summed E-state index contributed by atoms with van der Waals surface area (Å²) in [6.07, 6.45) is 6.88. The van der Waals surface area contributed by atoms with Crippen molar-refractivity contribution in [3.63, 3.8) is 0 Å². The molecule has 2 heteroatoms. The molecule has 2 aliphatic heterocycles. The molecule has 2 heterocycles. The summed E-state index contributed by atoms with van der Waals surface area (Å²) < 4.78 is 0. The van der Waals surface area contributed by atoms with Gasteiger partial charge in [-0.3, -0.25) is 9.80 Å². The number of nitrogens with zero attached hydrogens (tertiary/aromatic N) is 2. The minimum atomic E-state index is 0.932. The van der Waals surface area contributed by atoms with E-state index in [1.54, 1.807) is 0 Å². The first-order valence-electron chi connectivity index (χ1n) is 11.8. The SMILES string of the molecule is CC1CCN(Cc2ccccc2)CC1.CCC1CCN(Cc2ccccc2)CC1. The molecule has 0 atom stereocenters. The van der Waals surface area contributed by atoms with Crippen LogP contribution in [0.5, 0.6) is 0 Å². The number of rotatable bonds is 5. The molecular formula is C27H40N2. The Labute approximate surface area is 178 Å². The maximum absolute atomic E-state index is 2.58. The third-order valence-electron chi connectivity index (χ3n) is 6.66. The molecule has 0 unspecified atom stereocenters. The average Bonchev–Trinajstić information content (AvgIpc) is 2.78. The van der Waals surface area contributed by atoms with Crippen molar-refractivity contribution in [1.82, 2.24) is 9.80 Å². The summed E-state index contributed by atoms with van der Waals surface area (Å²) in [5.41, 5.74) is 2.90. The van der Waals surface area contributed by atoms with Crippen molar-refractivity contribution >= 4 is 0 Å². The van der Waals surface area contributed by atoms with Crippen LogP contribution in [0, 0.1) is 11.8 Å². The van der Waals surface area contributed by atoms with Gasteiger partial charge < -0.3 is 0 Å². The van der Waals surface area contributed by atoms with Crippen LogP contribution < -0.4 is 0 Å². The van der Waals surface area contributed by atoms with Gasteiger partial charge in [0.1, 0.15) is 0 Å². The van der Waals surface area contributed by atoms with Crippen molar-refractivity contribution in [1.29, 1.82) is 0 Å². The topological polar surface area (TPSA) is 6.48 Å². The second-order valence-corrected chi connectivity index (χ2v) is 9.06. The third-order valence-corrected chi connectivity index (χ3v) is 6.66. The van der Waals surface area contributed by atoms with Crippen molar-refractivity contribution in [3.8, 4) is 0 Å². The Morgan fingerprint density at radius 3 is 1.48 bits per heavy atom. The van der Waals surface area contributed by atoms with Crippen LogP contribution in [-0.4, -0.2) is 36.0 Å². The summed E-state index contributed by atoms with van der Waals surface area (Å²) >= 11 is 0. The van der Waals surface area contributed by atoms with Gasteiger partial charge in [0.15, 0.2) is 0 Å². The van der Waals surface area contributed by atoms with E-state index >= 15 is 0 Å². The highest BCUT2D eigenvalue weighted by Gasteiger charge is 2.17. The summed E-state index contributed by atoms with van der Waals surface area (Å²) in [5.74, 6) is 1.92. The zero-order valence-electron chi connectivity index (χ0n) is 18.6. The number of piperidine rings is 2. The molecule has 0 radical (unpaired) electrons. The standard InChI is InChI=1S/C14H21N.C13H19N/c1-2-13-8-10-15(11-9-13)12-14-6-4-3-5-7-14;1-12-7-9-14(10-8-12)11-13-5-3-2-4-6-13/h3-7,13H,2,8-12H2,1H3;2-6,12H,7-11H2,1H3. The quantitative estimate of drug-likeness (QED) is 0.595. The van der Waals surface area contributed by atoms with E-state index in [2.05, 4.69) is 84.3 Å². The van der Waals surface area contributed by atoms with Gasteiger partial charge in [0.05, 0.1) is 0 Å².